The van der Waals surface area contributed by atoms with E-state index < -0.39 is 18.2 Å². The van der Waals surface area contributed by atoms with E-state index in [0.717, 1.165) is 11.1 Å². The fourth-order valence-corrected chi connectivity index (χ4v) is 2.54. The average Bonchev–Trinajstić information content (AvgIpc) is 2.61. The van der Waals surface area contributed by atoms with E-state index in [9.17, 15) is 14.7 Å². The van der Waals surface area contributed by atoms with Gasteiger partial charge in [0.1, 0.15) is 18.5 Å². The van der Waals surface area contributed by atoms with Crippen LogP contribution >= 0.6 is 0 Å². The third kappa shape index (κ3) is 4.78. The summed E-state index contributed by atoms with van der Waals surface area (Å²) >= 11 is 0. The number of rotatable bonds is 4. The Labute approximate surface area is 157 Å². The standard InChI is InChI=1S/C18H17NO5.Li/c20-17(21)15-10-9-13-7-4-8-14(16(13)24-15)19-18(22)23-11-12-5-2-1-3-6-12;/h1-8,15H,9-11H2,(H,19,22)(H,20,21);/q;+1/p-1. The van der Waals surface area contributed by atoms with Gasteiger partial charge in [-0.15, -0.1) is 0 Å². The van der Waals surface area contributed by atoms with Crippen molar-refractivity contribution in [1.82, 2.24) is 0 Å². The molecule has 0 aromatic heterocycles. The molecule has 124 valence electrons. The van der Waals surface area contributed by atoms with Gasteiger partial charge in [-0.05, 0) is 30.0 Å². The van der Waals surface area contributed by atoms with Gasteiger partial charge in [-0.1, -0.05) is 42.5 Å². The fraction of sp³-hybridized carbons (Fsp3) is 0.222. The largest absolute Gasteiger partial charge is 1.00 e. The zero-order valence-corrected chi connectivity index (χ0v) is 13.9. The van der Waals surface area contributed by atoms with E-state index in [2.05, 4.69) is 5.32 Å². The summed E-state index contributed by atoms with van der Waals surface area (Å²) < 4.78 is 10.6. The monoisotopic (exact) mass is 333 g/mol. The van der Waals surface area contributed by atoms with E-state index in [4.69, 9.17) is 9.47 Å². The molecule has 0 fully saturated rings. The van der Waals surface area contributed by atoms with Crippen LogP contribution in [-0.4, -0.2) is 18.2 Å². The second-order valence-electron chi connectivity index (χ2n) is 5.44. The molecule has 0 aliphatic carbocycles. The minimum absolute atomic E-state index is 0. The SMILES string of the molecule is O=C(Nc1cccc2c1OC(C(=O)[O-])CC2)OCc1ccccc1.[Li+]. The Kier molecular flexibility index (Phi) is 6.51. The van der Waals surface area contributed by atoms with Gasteiger partial charge >= 0.3 is 25.0 Å². The topological polar surface area (TPSA) is 87.7 Å². The van der Waals surface area contributed by atoms with E-state index in [0.29, 0.717) is 24.3 Å². The molecule has 1 unspecified atom stereocenters. The maximum absolute atomic E-state index is 12.0. The smallest absolute Gasteiger partial charge is 0.546 e. The van der Waals surface area contributed by atoms with Gasteiger partial charge in [0.05, 0.1) is 11.7 Å². The van der Waals surface area contributed by atoms with Crippen molar-refractivity contribution in [2.75, 3.05) is 5.32 Å². The minimum atomic E-state index is -1.26. The zero-order chi connectivity index (χ0) is 16.9. The summed E-state index contributed by atoms with van der Waals surface area (Å²) in [6, 6.07) is 14.5. The van der Waals surface area contributed by atoms with Gasteiger partial charge in [0.25, 0.3) is 0 Å². The Morgan fingerprint density at radius 1 is 1.16 bits per heavy atom. The number of carbonyl (C=O) groups excluding carboxylic acids is 2. The first-order chi connectivity index (χ1) is 11.6. The fourth-order valence-electron chi connectivity index (χ4n) is 2.54. The molecule has 1 amide bonds. The maximum Gasteiger partial charge on any atom is 1.00 e. The number of aryl methyl sites for hydroxylation is 1. The molecule has 25 heavy (non-hydrogen) atoms. The van der Waals surface area contributed by atoms with E-state index in [-0.39, 0.29) is 25.5 Å². The Hall–Kier alpha value is -2.42. The predicted octanol–water partition coefficient (Wildman–Crippen LogP) is -1.12. The van der Waals surface area contributed by atoms with Crippen molar-refractivity contribution >= 4 is 17.7 Å². The number of ether oxygens (including phenoxy) is 2. The van der Waals surface area contributed by atoms with Crippen LogP contribution in [0.5, 0.6) is 5.75 Å². The first-order valence-corrected chi connectivity index (χ1v) is 7.60. The average molecular weight is 333 g/mol. The maximum atomic E-state index is 12.0. The number of aliphatic carboxylic acids is 1. The normalized spacial score (nSPS) is 15.1. The summed E-state index contributed by atoms with van der Waals surface area (Å²) in [5.41, 5.74) is 2.10. The van der Waals surface area contributed by atoms with Crippen LogP contribution in [0, 0.1) is 0 Å². The van der Waals surface area contributed by atoms with Crippen molar-refractivity contribution in [1.29, 1.82) is 0 Å². The summed E-state index contributed by atoms with van der Waals surface area (Å²) in [6.07, 6.45) is -0.757. The molecule has 7 heteroatoms. The minimum Gasteiger partial charge on any atom is -0.546 e. The van der Waals surface area contributed by atoms with Gasteiger partial charge in [0.15, 0.2) is 0 Å². The third-order valence-corrected chi connectivity index (χ3v) is 3.74. The first-order valence-electron chi connectivity index (χ1n) is 7.60. The van der Waals surface area contributed by atoms with Crippen LogP contribution in [0.4, 0.5) is 10.5 Å². The molecule has 1 heterocycles. The van der Waals surface area contributed by atoms with Gasteiger partial charge in [-0.25, -0.2) is 4.79 Å². The number of hydrogen-bond acceptors (Lipinski definition) is 5. The third-order valence-electron chi connectivity index (χ3n) is 3.74. The zero-order valence-electron chi connectivity index (χ0n) is 13.9. The molecule has 0 saturated heterocycles. The number of anilines is 1. The molecule has 0 radical (unpaired) electrons. The number of para-hydroxylation sites is 1. The molecule has 1 atom stereocenters. The second-order valence-corrected chi connectivity index (χ2v) is 5.44. The van der Waals surface area contributed by atoms with Crippen molar-refractivity contribution in [3.05, 3.63) is 59.7 Å². The van der Waals surface area contributed by atoms with Crippen LogP contribution in [0.15, 0.2) is 48.5 Å². The molecule has 2 aromatic rings. The Morgan fingerprint density at radius 2 is 1.92 bits per heavy atom. The number of nitrogens with one attached hydrogen (secondary N) is 1. The van der Waals surface area contributed by atoms with Crippen molar-refractivity contribution in [3.63, 3.8) is 0 Å². The summed E-state index contributed by atoms with van der Waals surface area (Å²) in [5, 5.41) is 13.6. The van der Waals surface area contributed by atoms with Gasteiger partial charge in [-0.2, -0.15) is 0 Å². The van der Waals surface area contributed by atoms with Crippen LogP contribution < -0.4 is 34.0 Å². The molecular weight excluding hydrogens is 317 g/mol. The summed E-state index contributed by atoms with van der Waals surface area (Å²) in [4.78, 5) is 23.0. The molecule has 1 aliphatic rings. The Bertz CT molecular complexity index is 750. The quantitative estimate of drug-likeness (QED) is 0.717. The van der Waals surface area contributed by atoms with Gasteiger partial charge < -0.3 is 19.4 Å². The number of carboxylic acids is 1. The van der Waals surface area contributed by atoms with Gasteiger partial charge in [-0.3, -0.25) is 5.32 Å². The van der Waals surface area contributed by atoms with Crippen molar-refractivity contribution < 1.29 is 43.0 Å². The number of carboxylic acid groups (broad SMARTS) is 1. The van der Waals surface area contributed by atoms with Crippen LogP contribution in [-0.2, 0) is 22.6 Å². The van der Waals surface area contributed by atoms with Crippen molar-refractivity contribution in [3.8, 4) is 5.75 Å². The summed E-state index contributed by atoms with van der Waals surface area (Å²) in [5.74, 6) is -0.906. The van der Waals surface area contributed by atoms with Crippen LogP contribution in [0.3, 0.4) is 0 Å². The molecule has 6 nitrogen and oxygen atoms in total. The summed E-state index contributed by atoms with van der Waals surface area (Å²) in [6.45, 7) is 0.143. The van der Waals surface area contributed by atoms with Crippen LogP contribution in [0.2, 0.25) is 0 Å². The molecular formula is C18H16LiNO5. The molecule has 2 aromatic carbocycles. The second kappa shape index (κ2) is 8.61. The van der Waals surface area contributed by atoms with Crippen molar-refractivity contribution in [2.24, 2.45) is 0 Å². The molecule has 0 saturated carbocycles. The molecule has 1 N–H and O–H groups in total. The van der Waals surface area contributed by atoms with E-state index in [1.54, 1.807) is 12.1 Å². The van der Waals surface area contributed by atoms with E-state index in [1.807, 2.05) is 36.4 Å². The molecule has 0 spiro atoms. The number of benzene rings is 2. The Balaban J connectivity index is 0.00000225. The number of fused-ring (bicyclic) bond motifs is 1. The molecule has 1 aliphatic heterocycles. The van der Waals surface area contributed by atoms with E-state index in [1.165, 1.54) is 0 Å². The number of hydrogen-bond donors (Lipinski definition) is 1. The number of amides is 1. The Morgan fingerprint density at radius 3 is 2.64 bits per heavy atom. The number of carbonyl (C=O) groups is 2. The van der Waals surface area contributed by atoms with E-state index >= 15 is 0 Å². The van der Waals surface area contributed by atoms with Crippen LogP contribution in [0.25, 0.3) is 0 Å². The summed E-state index contributed by atoms with van der Waals surface area (Å²) in [7, 11) is 0. The molecule has 3 rings (SSSR count). The van der Waals surface area contributed by atoms with Crippen LogP contribution in [0.1, 0.15) is 17.5 Å². The predicted molar refractivity (Wildman–Crippen MR) is 84.4 cm³/mol. The van der Waals surface area contributed by atoms with Crippen molar-refractivity contribution in [2.45, 2.75) is 25.6 Å². The van der Waals surface area contributed by atoms with Gasteiger partial charge in [0, 0.05) is 0 Å². The van der Waals surface area contributed by atoms with Gasteiger partial charge in [0.2, 0.25) is 0 Å². The first kappa shape index (κ1) is 18.9. The molecule has 0 bridgehead atoms.